The Bertz CT molecular complexity index is 924. The number of carboxylic acid groups (broad SMARTS) is 3. The quantitative estimate of drug-likeness (QED) is 0.125. The fraction of sp³-hybridized carbons (Fsp3) is 0.429. The molecule has 1 rings (SSSR count). The molecule has 1 aromatic carbocycles. The van der Waals surface area contributed by atoms with E-state index in [-0.39, 0.29) is 6.42 Å². The maximum Gasteiger partial charge on any atom is 0.326 e. The normalized spacial score (nSPS) is 14.0. The van der Waals surface area contributed by atoms with Crippen molar-refractivity contribution in [3.05, 3.63) is 35.9 Å². The van der Waals surface area contributed by atoms with E-state index in [1.165, 1.54) is 0 Å². The first-order valence-electron chi connectivity index (χ1n) is 10.4. The third kappa shape index (κ3) is 10.6. The van der Waals surface area contributed by atoms with E-state index in [1.54, 1.807) is 30.3 Å². The minimum atomic E-state index is -1.74. The molecular weight excluding hydrogens is 468 g/mol. The summed E-state index contributed by atoms with van der Waals surface area (Å²) in [6.07, 6.45) is -2.06. The first-order valence-corrected chi connectivity index (χ1v) is 10.4. The summed E-state index contributed by atoms with van der Waals surface area (Å²) in [7, 11) is 0. The largest absolute Gasteiger partial charge is 0.481 e. The maximum absolute atomic E-state index is 12.9. The van der Waals surface area contributed by atoms with Crippen LogP contribution >= 0.6 is 0 Å². The van der Waals surface area contributed by atoms with Gasteiger partial charge in [0.25, 0.3) is 0 Å². The lowest BCUT2D eigenvalue weighted by Crippen LogP contribution is -2.58. The Hall–Kier alpha value is -4.04. The van der Waals surface area contributed by atoms with Gasteiger partial charge in [-0.3, -0.25) is 24.0 Å². The van der Waals surface area contributed by atoms with E-state index in [2.05, 4.69) is 10.6 Å². The van der Waals surface area contributed by atoms with Crippen LogP contribution in [0.25, 0.3) is 0 Å². The molecule has 0 saturated heterocycles. The molecule has 0 aromatic heterocycles. The van der Waals surface area contributed by atoms with Crippen molar-refractivity contribution in [2.24, 2.45) is 5.73 Å². The molecular formula is C21H28N4O10. The Morgan fingerprint density at radius 3 is 1.83 bits per heavy atom. The van der Waals surface area contributed by atoms with E-state index in [0.29, 0.717) is 5.56 Å². The number of aliphatic carboxylic acids is 3. The topological polar surface area (TPSA) is 245 Å². The lowest BCUT2D eigenvalue weighted by atomic mass is 10.0. The second-order valence-electron chi connectivity index (χ2n) is 7.53. The van der Waals surface area contributed by atoms with Crippen LogP contribution in [-0.4, -0.2) is 86.8 Å². The fourth-order valence-electron chi connectivity index (χ4n) is 2.87. The smallest absolute Gasteiger partial charge is 0.326 e. The number of nitrogens with two attached hydrogens (primary N) is 1. The lowest BCUT2D eigenvalue weighted by Gasteiger charge is -2.24. The predicted molar refractivity (Wildman–Crippen MR) is 118 cm³/mol. The third-order valence-electron chi connectivity index (χ3n) is 4.72. The minimum absolute atomic E-state index is 0.0751. The first-order chi connectivity index (χ1) is 16.4. The van der Waals surface area contributed by atoms with E-state index >= 15 is 0 Å². The summed E-state index contributed by atoms with van der Waals surface area (Å²) in [6.45, 7) is -0.706. The summed E-state index contributed by atoms with van der Waals surface area (Å²) >= 11 is 0. The summed E-state index contributed by atoms with van der Waals surface area (Å²) in [5.41, 5.74) is 6.07. The summed E-state index contributed by atoms with van der Waals surface area (Å²) in [5, 5.41) is 42.7. The molecule has 0 saturated carbocycles. The lowest BCUT2D eigenvalue weighted by molar-refractivity contribution is -0.144. The number of rotatable bonds is 15. The molecule has 0 bridgehead atoms. The van der Waals surface area contributed by atoms with E-state index in [1.807, 2.05) is 5.32 Å². The zero-order valence-corrected chi connectivity index (χ0v) is 18.5. The number of carbonyl (C=O) groups is 6. The van der Waals surface area contributed by atoms with Crippen LogP contribution in [0.1, 0.15) is 24.8 Å². The third-order valence-corrected chi connectivity index (χ3v) is 4.72. The van der Waals surface area contributed by atoms with Crippen LogP contribution in [0.3, 0.4) is 0 Å². The Morgan fingerprint density at radius 1 is 0.771 bits per heavy atom. The molecule has 14 heteroatoms. The van der Waals surface area contributed by atoms with Gasteiger partial charge in [-0.25, -0.2) is 4.79 Å². The van der Waals surface area contributed by atoms with Crippen LogP contribution in [0.5, 0.6) is 0 Å². The highest BCUT2D eigenvalue weighted by Crippen LogP contribution is 2.06. The van der Waals surface area contributed by atoms with Gasteiger partial charge in [0.2, 0.25) is 17.7 Å². The van der Waals surface area contributed by atoms with Crippen molar-refractivity contribution in [2.45, 2.75) is 49.9 Å². The highest BCUT2D eigenvalue weighted by atomic mass is 16.4. The average molecular weight is 496 g/mol. The van der Waals surface area contributed by atoms with Gasteiger partial charge in [0.1, 0.15) is 24.2 Å². The Kier molecular flexibility index (Phi) is 11.8. The van der Waals surface area contributed by atoms with Crippen molar-refractivity contribution in [3.8, 4) is 0 Å². The number of hydrogen-bond acceptors (Lipinski definition) is 8. The summed E-state index contributed by atoms with van der Waals surface area (Å²) < 4.78 is 0. The zero-order chi connectivity index (χ0) is 26.5. The van der Waals surface area contributed by atoms with Crippen LogP contribution in [0, 0.1) is 0 Å². The second-order valence-corrected chi connectivity index (χ2v) is 7.53. The van der Waals surface area contributed by atoms with Gasteiger partial charge in [-0.15, -0.1) is 0 Å². The van der Waals surface area contributed by atoms with Crippen molar-refractivity contribution >= 4 is 35.6 Å². The Labute approximate surface area is 199 Å². The van der Waals surface area contributed by atoms with E-state index in [9.17, 15) is 33.9 Å². The van der Waals surface area contributed by atoms with Crippen LogP contribution < -0.4 is 21.7 Å². The SMILES string of the molecule is NC(CO)C(=O)NC(Cc1ccccc1)C(=O)NC(CC(=O)O)C(=O)NC(CCC(=O)O)C(=O)O. The summed E-state index contributed by atoms with van der Waals surface area (Å²) in [4.78, 5) is 71.0. The fourth-order valence-corrected chi connectivity index (χ4v) is 2.87. The molecule has 0 fully saturated rings. The van der Waals surface area contributed by atoms with Crippen molar-refractivity contribution in [1.82, 2.24) is 16.0 Å². The number of benzene rings is 1. The molecule has 35 heavy (non-hydrogen) atoms. The monoisotopic (exact) mass is 496 g/mol. The minimum Gasteiger partial charge on any atom is -0.481 e. The molecule has 3 amide bonds. The number of carbonyl (C=O) groups excluding carboxylic acids is 3. The van der Waals surface area contributed by atoms with Crippen LogP contribution in [0.2, 0.25) is 0 Å². The molecule has 0 heterocycles. The van der Waals surface area contributed by atoms with Gasteiger partial charge in [0.05, 0.1) is 13.0 Å². The summed E-state index contributed by atoms with van der Waals surface area (Å²) in [6, 6.07) is 2.32. The van der Waals surface area contributed by atoms with Crippen molar-refractivity contribution < 1.29 is 49.2 Å². The highest BCUT2D eigenvalue weighted by molar-refractivity contribution is 5.95. The maximum atomic E-state index is 12.9. The molecule has 9 N–H and O–H groups in total. The van der Waals surface area contributed by atoms with E-state index < -0.39 is 85.7 Å². The predicted octanol–water partition coefficient (Wildman–Crippen LogP) is -2.57. The number of carboxylic acids is 3. The van der Waals surface area contributed by atoms with Crippen molar-refractivity contribution in [3.63, 3.8) is 0 Å². The Morgan fingerprint density at radius 2 is 1.31 bits per heavy atom. The van der Waals surface area contributed by atoms with Crippen LogP contribution in [0.4, 0.5) is 0 Å². The second kappa shape index (κ2) is 14.3. The molecule has 1 aromatic rings. The Balaban J connectivity index is 3.07. The molecule has 0 aliphatic rings. The molecule has 192 valence electrons. The van der Waals surface area contributed by atoms with Crippen LogP contribution in [0.15, 0.2) is 30.3 Å². The molecule has 0 aliphatic carbocycles. The molecule has 14 nitrogen and oxygen atoms in total. The molecule has 0 spiro atoms. The van der Waals surface area contributed by atoms with Gasteiger partial charge >= 0.3 is 17.9 Å². The number of amides is 3. The number of aliphatic hydroxyl groups is 1. The van der Waals surface area contributed by atoms with Gasteiger partial charge in [-0.2, -0.15) is 0 Å². The van der Waals surface area contributed by atoms with Crippen molar-refractivity contribution in [1.29, 1.82) is 0 Å². The van der Waals surface area contributed by atoms with Gasteiger partial charge in [0, 0.05) is 12.8 Å². The van der Waals surface area contributed by atoms with E-state index in [0.717, 1.165) is 0 Å². The van der Waals surface area contributed by atoms with Crippen LogP contribution in [-0.2, 0) is 35.2 Å². The first kappa shape index (κ1) is 29.0. The molecule has 0 aliphatic heterocycles. The standard InChI is InChI=1S/C21H28N4O10/c22-12(10-26)18(31)24-14(8-11-4-2-1-3-5-11)19(32)25-15(9-17(29)30)20(33)23-13(21(34)35)6-7-16(27)28/h1-5,12-15,26H,6-10,22H2,(H,23,33)(H,24,31)(H,25,32)(H,27,28)(H,29,30)(H,34,35). The number of hydrogen-bond donors (Lipinski definition) is 8. The molecule has 0 radical (unpaired) electrons. The molecule has 4 unspecified atom stereocenters. The number of nitrogens with one attached hydrogen (secondary N) is 3. The number of aliphatic hydroxyl groups excluding tert-OH is 1. The van der Waals surface area contributed by atoms with Gasteiger partial charge < -0.3 is 42.1 Å². The zero-order valence-electron chi connectivity index (χ0n) is 18.5. The van der Waals surface area contributed by atoms with Crippen molar-refractivity contribution in [2.75, 3.05) is 6.61 Å². The van der Waals surface area contributed by atoms with E-state index in [4.69, 9.17) is 21.1 Å². The average Bonchev–Trinajstić information content (AvgIpc) is 2.79. The van der Waals surface area contributed by atoms with Gasteiger partial charge in [0.15, 0.2) is 0 Å². The van der Waals surface area contributed by atoms with Gasteiger partial charge in [-0.05, 0) is 12.0 Å². The summed E-state index contributed by atoms with van der Waals surface area (Å²) in [5.74, 6) is -7.36. The molecule has 4 atom stereocenters. The van der Waals surface area contributed by atoms with Gasteiger partial charge in [-0.1, -0.05) is 30.3 Å². The highest BCUT2D eigenvalue weighted by Gasteiger charge is 2.31.